The van der Waals surface area contributed by atoms with Gasteiger partial charge in [0.2, 0.25) is 5.91 Å². The van der Waals surface area contributed by atoms with E-state index in [-0.39, 0.29) is 31.9 Å². The molecule has 1 aromatic rings. The average molecular weight is 302 g/mol. The third-order valence-electron chi connectivity index (χ3n) is 2.54. The Labute approximate surface area is 120 Å². The number of hydrogen-bond donors (Lipinski definition) is 2. The van der Waals surface area contributed by atoms with Crippen LogP contribution in [0.3, 0.4) is 0 Å². The fourth-order valence-corrected chi connectivity index (χ4v) is 1.60. The van der Waals surface area contributed by atoms with Gasteiger partial charge in [0.05, 0.1) is 19.7 Å². The van der Waals surface area contributed by atoms with Gasteiger partial charge in [-0.3, -0.25) is 14.5 Å². The van der Waals surface area contributed by atoms with Crippen molar-refractivity contribution in [1.82, 2.24) is 4.90 Å². The second kappa shape index (κ2) is 8.28. The van der Waals surface area contributed by atoms with Crippen LogP contribution >= 0.6 is 0 Å². The Morgan fingerprint density at radius 2 is 2.00 bits per heavy atom. The van der Waals surface area contributed by atoms with Crippen LogP contribution < -0.4 is 5.32 Å². The molecule has 0 spiro atoms. The topological polar surface area (TPSA) is 78.9 Å². The van der Waals surface area contributed by atoms with Crippen molar-refractivity contribution in [2.75, 3.05) is 38.7 Å². The number of nitrogens with one attached hydrogen (secondary N) is 1. The second-order valence-electron chi connectivity index (χ2n) is 4.27. The number of rotatable bonds is 8. The molecule has 1 rings (SSSR count). The lowest BCUT2D eigenvalue weighted by Gasteiger charge is -2.19. The maximum Gasteiger partial charge on any atom is 0.317 e. The molecule has 0 saturated carbocycles. The van der Waals surface area contributed by atoms with Crippen molar-refractivity contribution in [3.05, 3.63) is 29.8 Å². The number of carboxylic acids is 1. The van der Waals surface area contributed by atoms with Crippen molar-refractivity contribution in [3.63, 3.8) is 0 Å². The summed E-state index contributed by atoms with van der Waals surface area (Å²) in [5.74, 6) is -3.69. The number of methoxy groups -OCH3 is 1. The van der Waals surface area contributed by atoms with Crippen LogP contribution in [-0.2, 0) is 14.3 Å². The molecule has 0 aliphatic rings. The van der Waals surface area contributed by atoms with Gasteiger partial charge < -0.3 is 15.2 Å². The Balaban J connectivity index is 2.59. The van der Waals surface area contributed by atoms with E-state index in [0.29, 0.717) is 0 Å². The second-order valence-corrected chi connectivity index (χ2v) is 4.27. The molecule has 21 heavy (non-hydrogen) atoms. The van der Waals surface area contributed by atoms with Gasteiger partial charge in [0.25, 0.3) is 0 Å². The number of ether oxygens (including phenoxy) is 1. The largest absolute Gasteiger partial charge is 0.480 e. The summed E-state index contributed by atoms with van der Waals surface area (Å²) in [5.41, 5.74) is 0.0981. The van der Waals surface area contributed by atoms with E-state index in [0.717, 1.165) is 12.1 Å². The third kappa shape index (κ3) is 6.28. The molecule has 6 nitrogen and oxygen atoms in total. The van der Waals surface area contributed by atoms with Crippen molar-refractivity contribution in [2.24, 2.45) is 0 Å². The zero-order valence-corrected chi connectivity index (χ0v) is 11.4. The highest BCUT2D eigenvalue weighted by Crippen LogP contribution is 2.12. The van der Waals surface area contributed by atoms with Gasteiger partial charge in [-0.1, -0.05) is 0 Å². The number of aliphatic carboxylic acids is 1. The molecule has 8 heteroatoms. The highest BCUT2D eigenvalue weighted by Gasteiger charge is 2.14. The Kier molecular flexibility index (Phi) is 6.70. The molecule has 0 aliphatic carbocycles. The molecule has 0 saturated heterocycles. The first kappa shape index (κ1) is 17.0. The molecule has 0 heterocycles. The number of nitrogens with zero attached hydrogens (tertiary/aromatic N) is 1. The predicted octanol–water partition coefficient (Wildman–Crippen LogP) is 0.936. The van der Waals surface area contributed by atoms with Crippen molar-refractivity contribution in [1.29, 1.82) is 0 Å². The van der Waals surface area contributed by atoms with Crippen molar-refractivity contribution >= 4 is 17.6 Å². The first-order chi connectivity index (χ1) is 9.92. The summed E-state index contributed by atoms with van der Waals surface area (Å²) in [7, 11) is 1.46. The van der Waals surface area contributed by atoms with Gasteiger partial charge in [0, 0.05) is 25.4 Å². The molecule has 0 atom stereocenters. The molecular weight excluding hydrogens is 286 g/mol. The zero-order chi connectivity index (χ0) is 15.8. The Morgan fingerprint density at radius 3 is 2.57 bits per heavy atom. The van der Waals surface area contributed by atoms with Crippen molar-refractivity contribution < 1.29 is 28.2 Å². The molecule has 0 fully saturated rings. The smallest absolute Gasteiger partial charge is 0.317 e. The summed E-state index contributed by atoms with van der Waals surface area (Å²) >= 11 is 0. The molecular formula is C13H16F2N2O4. The highest BCUT2D eigenvalue weighted by molar-refractivity contribution is 5.92. The summed E-state index contributed by atoms with van der Waals surface area (Å²) in [5, 5.41) is 11.1. The van der Waals surface area contributed by atoms with E-state index in [1.807, 2.05) is 0 Å². The van der Waals surface area contributed by atoms with Crippen LogP contribution in [0.15, 0.2) is 18.2 Å². The Bertz CT molecular complexity index is 511. The standard InChI is InChI=1S/C13H16F2N2O4/c1-21-5-4-17(8-13(19)20)7-12(18)16-9-2-3-10(14)11(15)6-9/h2-3,6H,4-5,7-8H2,1H3,(H,16,18)(H,19,20). The van der Waals surface area contributed by atoms with Gasteiger partial charge in [-0.2, -0.15) is 0 Å². The predicted molar refractivity (Wildman–Crippen MR) is 70.9 cm³/mol. The number of carbonyl (C=O) groups is 2. The Morgan fingerprint density at radius 1 is 1.29 bits per heavy atom. The van der Waals surface area contributed by atoms with Crippen LogP contribution in [-0.4, -0.2) is 55.2 Å². The molecule has 0 unspecified atom stereocenters. The monoisotopic (exact) mass is 302 g/mol. The average Bonchev–Trinajstić information content (AvgIpc) is 2.39. The number of amides is 1. The fraction of sp³-hybridized carbons (Fsp3) is 0.385. The van der Waals surface area contributed by atoms with Crippen molar-refractivity contribution in [2.45, 2.75) is 0 Å². The number of carboxylic acid groups (broad SMARTS) is 1. The first-order valence-electron chi connectivity index (χ1n) is 6.10. The van der Waals surface area contributed by atoms with Gasteiger partial charge >= 0.3 is 5.97 Å². The SMILES string of the molecule is COCCN(CC(=O)O)CC(=O)Nc1ccc(F)c(F)c1. The van der Waals surface area contributed by atoms with E-state index < -0.39 is 23.5 Å². The number of hydrogen-bond acceptors (Lipinski definition) is 4. The molecule has 0 aromatic heterocycles. The van der Waals surface area contributed by atoms with Crippen LogP contribution in [0.25, 0.3) is 0 Å². The zero-order valence-electron chi connectivity index (χ0n) is 11.4. The Hall–Kier alpha value is -2.06. The highest BCUT2D eigenvalue weighted by atomic mass is 19.2. The minimum atomic E-state index is -1.08. The summed E-state index contributed by atoms with van der Waals surface area (Å²) in [6.45, 7) is 0.00293. The molecule has 116 valence electrons. The maximum absolute atomic E-state index is 13.0. The lowest BCUT2D eigenvalue weighted by atomic mass is 10.3. The minimum Gasteiger partial charge on any atom is -0.480 e. The van der Waals surface area contributed by atoms with Crippen molar-refractivity contribution in [3.8, 4) is 0 Å². The van der Waals surface area contributed by atoms with E-state index in [1.165, 1.54) is 18.1 Å². The molecule has 2 N–H and O–H groups in total. The molecule has 0 aliphatic heterocycles. The van der Waals surface area contributed by atoms with E-state index in [2.05, 4.69) is 5.32 Å². The van der Waals surface area contributed by atoms with Crippen LogP contribution in [0.2, 0.25) is 0 Å². The fourth-order valence-electron chi connectivity index (χ4n) is 1.60. The summed E-state index contributed by atoms with van der Waals surface area (Å²) < 4.78 is 30.6. The number of halogens is 2. The first-order valence-corrected chi connectivity index (χ1v) is 6.10. The third-order valence-corrected chi connectivity index (χ3v) is 2.54. The summed E-state index contributed by atoms with van der Waals surface area (Å²) in [6.07, 6.45) is 0. The molecule has 1 aromatic carbocycles. The van der Waals surface area contributed by atoms with E-state index in [9.17, 15) is 18.4 Å². The van der Waals surface area contributed by atoms with Gasteiger partial charge in [-0.25, -0.2) is 8.78 Å². The summed E-state index contributed by atoms with van der Waals surface area (Å²) in [4.78, 5) is 23.8. The van der Waals surface area contributed by atoms with Gasteiger partial charge in [-0.15, -0.1) is 0 Å². The minimum absolute atomic E-state index is 0.0981. The van der Waals surface area contributed by atoms with E-state index in [4.69, 9.17) is 9.84 Å². The van der Waals surface area contributed by atoms with Crippen LogP contribution in [0.5, 0.6) is 0 Å². The van der Waals surface area contributed by atoms with E-state index >= 15 is 0 Å². The van der Waals surface area contributed by atoms with Crippen LogP contribution in [0.4, 0.5) is 14.5 Å². The number of anilines is 1. The van der Waals surface area contributed by atoms with Crippen LogP contribution in [0.1, 0.15) is 0 Å². The normalized spacial score (nSPS) is 10.7. The number of carbonyl (C=O) groups excluding carboxylic acids is 1. The van der Waals surface area contributed by atoms with Gasteiger partial charge in [0.1, 0.15) is 0 Å². The lowest BCUT2D eigenvalue weighted by Crippen LogP contribution is -2.38. The van der Waals surface area contributed by atoms with Crippen LogP contribution in [0, 0.1) is 11.6 Å². The molecule has 0 radical (unpaired) electrons. The van der Waals surface area contributed by atoms with Gasteiger partial charge in [-0.05, 0) is 12.1 Å². The quantitative estimate of drug-likeness (QED) is 0.747. The molecule has 1 amide bonds. The maximum atomic E-state index is 13.0. The molecule has 0 bridgehead atoms. The van der Waals surface area contributed by atoms with Gasteiger partial charge in [0.15, 0.2) is 11.6 Å². The summed E-state index contributed by atoms with van der Waals surface area (Å²) in [6, 6.07) is 2.96. The van der Waals surface area contributed by atoms with E-state index in [1.54, 1.807) is 0 Å². The lowest BCUT2D eigenvalue weighted by molar-refractivity contribution is -0.138. The number of benzene rings is 1.